The van der Waals surface area contributed by atoms with Crippen LogP contribution in [-0.2, 0) is 16.1 Å². The third-order valence-corrected chi connectivity index (χ3v) is 3.75. The highest BCUT2D eigenvalue weighted by Gasteiger charge is 2.33. The standard InChI is InChI=1S/C16H17NO5/c18-14(12-3-1-2-4-13(12)16(21)22)17-9-10-5-7-11(8-6-10)15(19)20/h1-2,5-8,12-13H,3-4,9H2,(H,17,18)(H,19,20)(H,21,22)/t12-,13-/m0/s1. The van der Waals surface area contributed by atoms with Crippen molar-refractivity contribution in [2.75, 3.05) is 0 Å². The summed E-state index contributed by atoms with van der Waals surface area (Å²) in [5.41, 5.74) is 0.940. The van der Waals surface area contributed by atoms with Gasteiger partial charge in [0, 0.05) is 6.54 Å². The van der Waals surface area contributed by atoms with Gasteiger partial charge in [0.05, 0.1) is 17.4 Å². The number of aromatic carboxylic acids is 1. The second kappa shape index (κ2) is 6.89. The number of nitrogens with one attached hydrogen (secondary N) is 1. The third kappa shape index (κ3) is 3.72. The zero-order valence-corrected chi connectivity index (χ0v) is 11.9. The van der Waals surface area contributed by atoms with E-state index < -0.39 is 23.8 Å². The van der Waals surface area contributed by atoms with E-state index in [4.69, 9.17) is 10.2 Å². The molecule has 0 saturated carbocycles. The molecule has 2 atom stereocenters. The van der Waals surface area contributed by atoms with E-state index in [0.717, 1.165) is 5.56 Å². The first-order valence-electron chi connectivity index (χ1n) is 6.97. The molecule has 0 radical (unpaired) electrons. The molecule has 6 heteroatoms. The van der Waals surface area contributed by atoms with Gasteiger partial charge in [-0.3, -0.25) is 9.59 Å². The van der Waals surface area contributed by atoms with Crippen LogP contribution in [-0.4, -0.2) is 28.1 Å². The Labute approximate surface area is 127 Å². The lowest BCUT2D eigenvalue weighted by atomic mass is 9.82. The molecule has 116 valence electrons. The van der Waals surface area contributed by atoms with Gasteiger partial charge in [0.1, 0.15) is 0 Å². The molecule has 1 aromatic carbocycles. The normalized spacial score (nSPS) is 20.4. The summed E-state index contributed by atoms with van der Waals surface area (Å²) in [6.45, 7) is 0.241. The number of carbonyl (C=O) groups is 3. The van der Waals surface area contributed by atoms with Gasteiger partial charge in [-0.15, -0.1) is 0 Å². The summed E-state index contributed by atoms with van der Waals surface area (Å²) >= 11 is 0. The van der Waals surface area contributed by atoms with E-state index in [1.165, 1.54) is 12.1 Å². The van der Waals surface area contributed by atoms with E-state index in [2.05, 4.69) is 5.32 Å². The Morgan fingerprint density at radius 1 is 1.00 bits per heavy atom. The Bertz CT molecular complexity index is 605. The molecule has 1 amide bonds. The fraction of sp³-hybridized carbons (Fsp3) is 0.312. The van der Waals surface area contributed by atoms with Crippen molar-refractivity contribution in [2.24, 2.45) is 11.8 Å². The highest BCUT2D eigenvalue weighted by atomic mass is 16.4. The van der Waals surface area contributed by atoms with E-state index in [0.29, 0.717) is 12.8 Å². The number of carbonyl (C=O) groups excluding carboxylic acids is 1. The lowest BCUT2D eigenvalue weighted by Gasteiger charge is -2.24. The van der Waals surface area contributed by atoms with Gasteiger partial charge in [-0.1, -0.05) is 24.3 Å². The fourth-order valence-corrected chi connectivity index (χ4v) is 2.46. The molecular weight excluding hydrogens is 286 g/mol. The molecule has 6 nitrogen and oxygen atoms in total. The van der Waals surface area contributed by atoms with Crippen LogP contribution in [0.4, 0.5) is 0 Å². The first-order chi connectivity index (χ1) is 10.5. The van der Waals surface area contributed by atoms with Crippen molar-refractivity contribution in [1.82, 2.24) is 5.32 Å². The molecule has 0 heterocycles. The van der Waals surface area contributed by atoms with Crippen molar-refractivity contribution in [1.29, 1.82) is 0 Å². The van der Waals surface area contributed by atoms with E-state index in [9.17, 15) is 14.4 Å². The van der Waals surface area contributed by atoms with Crippen LogP contribution in [0.15, 0.2) is 36.4 Å². The molecule has 22 heavy (non-hydrogen) atoms. The molecule has 0 spiro atoms. The molecule has 0 bridgehead atoms. The largest absolute Gasteiger partial charge is 0.481 e. The monoisotopic (exact) mass is 303 g/mol. The number of hydrogen-bond acceptors (Lipinski definition) is 3. The number of aliphatic carboxylic acids is 1. The number of hydrogen-bond donors (Lipinski definition) is 3. The van der Waals surface area contributed by atoms with E-state index in [1.54, 1.807) is 18.2 Å². The highest BCUT2D eigenvalue weighted by molar-refractivity contribution is 5.87. The van der Waals surface area contributed by atoms with Gasteiger partial charge >= 0.3 is 11.9 Å². The van der Waals surface area contributed by atoms with Crippen LogP contribution >= 0.6 is 0 Å². The smallest absolute Gasteiger partial charge is 0.335 e. The Hall–Kier alpha value is -2.63. The molecule has 0 aromatic heterocycles. The lowest BCUT2D eigenvalue weighted by molar-refractivity contribution is -0.147. The minimum Gasteiger partial charge on any atom is -0.481 e. The van der Waals surface area contributed by atoms with Gasteiger partial charge in [0.2, 0.25) is 5.91 Å². The van der Waals surface area contributed by atoms with Crippen LogP contribution in [0.25, 0.3) is 0 Å². The predicted octanol–water partition coefficient (Wildman–Crippen LogP) is 1.67. The molecule has 0 fully saturated rings. The molecule has 1 aromatic rings. The van der Waals surface area contributed by atoms with Crippen molar-refractivity contribution < 1.29 is 24.6 Å². The van der Waals surface area contributed by atoms with Crippen LogP contribution in [0.2, 0.25) is 0 Å². The Morgan fingerprint density at radius 3 is 2.14 bits per heavy atom. The second-order valence-electron chi connectivity index (χ2n) is 5.21. The molecule has 1 aliphatic rings. The van der Waals surface area contributed by atoms with Crippen molar-refractivity contribution in [3.63, 3.8) is 0 Å². The fourth-order valence-electron chi connectivity index (χ4n) is 2.46. The minimum absolute atomic E-state index is 0.179. The Kier molecular flexibility index (Phi) is 4.93. The van der Waals surface area contributed by atoms with Crippen LogP contribution in [0.5, 0.6) is 0 Å². The maximum atomic E-state index is 12.2. The molecule has 1 aliphatic carbocycles. The average molecular weight is 303 g/mol. The number of allylic oxidation sites excluding steroid dienone is 2. The van der Waals surface area contributed by atoms with Crippen molar-refractivity contribution in [2.45, 2.75) is 19.4 Å². The van der Waals surface area contributed by atoms with Crippen molar-refractivity contribution >= 4 is 17.8 Å². The van der Waals surface area contributed by atoms with Gasteiger partial charge in [-0.25, -0.2) is 4.79 Å². The SMILES string of the molecule is O=C(O)c1ccc(CNC(=O)[C@H]2CC=CC[C@@H]2C(=O)O)cc1. The van der Waals surface area contributed by atoms with Gasteiger partial charge in [-0.2, -0.15) is 0 Å². The first-order valence-corrected chi connectivity index (χ1v) is 6.97. The molecule has 2 rings (SSSR count). The van der Waals surface area contributed by atoms with Crippen LogP contribution in [0, 0.1) is 11.8 Å². The van der Waals surface area contributed by atoms with Crippen molar-refractivity contribution in [3.8, 4) is 0 Å². The van der Waals surface area contributed by atoms with E-state index in [1.807, 2.05) is 6.08 Å². The summed E-state index contributed by atoms with van der Waals surface area (Å²) in [6.07, 6.45) is 4.39. The van der Waals surface area contributed by atoms with Gasteiger partial charge in [0.25, 0.3) is 0 Å². The second-order valence-corrected chi connectivity index (χ2v) is 5.21. The number of amides is 1. The minimum atomic E-state index is -1.01. The van der Waals surface area contributed by atoms with Gasteiger partial charge < -0.3 is 15.5 Å². The number of carboxylic acid groups (broad SMARTS) is 2. The lowest BCUT2D eigenvalue weighted by Crippen LogP contribution is -2.38. The van der Waals surface area contributed by atoms with E-state index in [-0.39, 0.29) is 18.0 Å². The predicted molar refractivity (Wildman–Crippen MR) is 78.2 cm³/mol. The molecule has 0 aliphatic heterocycles. The zero-order chi connectivity index (χ0) is 16.1. The van der Waals surface area contributed by atoms with Crippen LogP contribution < -0.4 is 5.32 Å². The maximum Gasteiger partial charge on any atom is 0.335 e. The highest BCUT2D eigenvalue weighted by Crippen LogP contribution is 2.26. The van der Waals surface area contributed by atoms with Gasteiger partial charge in [0.15, 0.2) is 0 Å². The summed E-state index contributed by atoms with van der Waals surface area (Å²) < 4.78 is 0. The summed E-state index contributed by atoms with van der Waals surface area (Å²) in [7, 11) is 0. The summed E-state index contributed by atoms with van der Waals surface area (Å²) in [5, 5.41) is 20.7. The Balaban J connectivity index is 1.95. The van der Waals surface area contributed by atoms with Crippen LogP contribution in [0.1, 0.15) is 28.8 Å². The van der Waals surface area contributed by atoms with Gasteiger partial charge in [-0.05, 0) is 30.5 Å². The Morgan fingerprint density at radius 2 is 1.59 bits per heavy atom. The number of benzene rings is 1. The topological polar surface area (TPSA) is 104 Å². The molecular formula is C16H17NO5. The van der Waals surface area contributed by atoms with E-state index >= 15 is 0 Å². The average Bonchev–Trinajstić information content (AvgIpc) is 2.53. The molecule has 0 unspecified atom stereocenters. The third-order valence-electron chi connectivity index (χ3n) is 3.75. The van der Waals surface area contributed by atoms with Crippen LogP contribution in [0.3, 0.4) is 0 Å². The molecule has 3 N–H and O–H groups in total. The quantitative estimate of drug-likeness (QED) is 0.718. The molecule has 0 saturated heterocycles. The van der Waals surface area contributed by atoms with Crippen molar-refractivity contribution in [3.05, 3.63) is 47.5 Å². The summed E-state index contributed by atoms with van der Waals surface area (Å²) in [6, 6.07) is 6.18. The summed E-state index contributed by atoms with van der Waals surface area (Å²) in [5.74, 6) is -3.52. The maximum absolute atomic E-state index is 12.2. The first kappa shape index (κ1) is 15.8. The number of rotatable bonds is 5. The zero-order valence-electron chi connectivity index (χ0n) is 11.9. The summed E-state index contributed by atoms with van der Waals surface area (Å²) in [4.78, 5) is 34.1. The number of carboxylic acids is 2.